The highest BCUT2D eigenvalue weighted by atomic mass is 28.3. The van der Waals surface area contributed by atoms with Gasteiger partial charge in [-0.3, -0.25) is 0 Å². The fourth-order valence-corrected chi connectivity index (χ4v) is 6.02. The van der Waals surface area contributed by atoms with Gasteiger partial charge in [-0.05, 0) is 43.0 Å². The zero-order chi connectivity index (χ0) is 27.4. The summed E-state index contributed by atoms with van der Waals surface area (Å²) in [6, 6.07) is 19.9. The van der Waals surface area contributed by atoms with E-state index in [1.165, 1.54) is 44.9 Å². The molecule has 0 N–H and O–H groups in total. The van der Waals surface area contributed by atoms with Crippen molar-refractivity contribution in [1.29, 1.82) is 0 Å². The number of nitrogens with zero attached hydrogens (tertiary/aromatic N) is 1. The number of fused-ring (bicyclic) bond motifs is 1. The Morgan fingerprint density at radius 2 is 1.42 bits per heavy atom. The molecule has 207 valence electrons. The molecular weight excluding hydrogens is 486 g/mol. The molecule has 0 fully saturated rings. The fraction of sp³-hybridized carbons (Fsp3) is 0.545. The van der Waals surface area contributed by atoms with Crippen molar-refractivity contribution in [3.8, 4) is 5.75 Å². The molecule has 1 atom stereocenters. The number of unbranched alkanes of at least 4 members (excludes halogenated alkanes) is 7. The maximum absolute atomic E-state index is 13.0. The zero-order valence-corrected chi connectivity index (χ0v) is 25.3. The molecule has 5 heteroatoms. The molecule has 0 aliphatic heterocycles. The van der Waals surface area contributed by atoms with Gasteiger partial charge in [0.15, 0.2) is 5.69 Å². The van der Waals surface area contributed by atoms with Crippen LogP contribution in [-0.2, 0) is 17.5 Å². The monoisotopic (exact) mass is 534 g/mol. The number of pyridine rings is 1. The number of para-hydroxylation sites is 1. The highest BCUT2D eigenvalue weighted by Gasteiger charge is 2.25. The van der Waals surface area contributed by atoms with E-state index in [1.54, 1.807) is 0 Å². The van der Waals surface area contributed by atoms with E-state index in [0.717, 1.165) is 46.4 Å². The van der Waals surface area contributed by atoms with Gasteiger partial charge in [0.25, 0.3) is 0 Å². The number of aryl methyl sites for hydroxylation is 1. The van der Waals surface area contributed by atoms with Gasteiger partial charge in [-0.2, -0.15) is 4.73 Å². The van der Waals surface area contributed by atoms with Gasteiger partial charge in [0.1, 0.15) is 12.4 Å². The van der Waals surface area contributed by atoms with Crippen molar-refractivity contribution in [2.45, 2.75) is 111 Å². The summed E-state index contributed by atoms with van der Waals surface area (Å²) in [5, 5.41) is 13.9. The van der Waals surface area contributed by atoms with E-state index in [0.29, 0.717) is 18.2 Å². The minimum absolute atomic E-state index is 0.226. The van der Waals surface area contributed by atoms with Crippen LogP contribution >= 0.6 is 0 Å². The maximum atomic E-state index is 13.0. The number of ether oxygens (including phenoxy) is 1. The summed E-state index contributed by atoms with van der Waals surface area (Å²) in [4.78, 5) is 0. The number of benzene rings is 2. The predicted octanol–water partition coefficient (Wildman–Crippen LogP) is 8.79. The van der Waals surface area contributed by atoms with Gasteiger partial charge < -0.3 is 14.4 Å². The summed E-state index contributed by atoms with van der Waals surface area (Å²) < 4.78 is 13.5. The Hall–Kier alpha value is -2.37. The van der Waals surface area contributed by atoms with Crippen LogP contribution in [0.25, 0.3) is 10.9 Å². The Morgan fingerprint density at radius 1 is 0.816 bits per heavy atom. The largest absolute Gasteiger partial charge is 0.618 e. The molecule has 0 spiro atoms. The average Bonchev–Trinajstić information content (AvgIpc) is 2.89. The number of hydrogen-bond acceptors (Lipinski definition) is 3. The summed E-state index contributed by atoms with van der Waals surface area (Å²) in [5.41, 5.74) is 2.83. The number of hydrogen-bond donors (Lipinski definition) is 0. The third-order valence-corrected chi connectivity index (χ3v) is 7.93. The van der Waals surface area contributed by atoms with Crippen LogP contribution in [0.5, 0.6) is 5.75 Å². The van der Waals surface area contributed by atoms with Crippen molar-refractivity contribution in [3.63, 3.8) is 0 Å². The average molecular weight is 535 g/mol. The Labute approximate surface area is 232 Å². The van der Waals surface area contributed by atoms with E-state index in [2.05, 4.69) is 46.0 Å². The third-order valence-electron chi connectivity index (χ3n) is 7.18. The molecule has 0 aliphatic carbocycles. The van der Waals surface area contributed by atoms with E-state index in [9.17, 15) is 5.21 Å². The van der Waals surface area contributed by atoms with E-state index in [-0.39, 0.29) is 5.41 Å². The Bertz CT molecular complexity index is 1090. The molecule has 38 heavy (non-hydrogen) atoms. The highest BCUT2D eigenvalue weighted by molar-refractivity contribution is 6.48. The molecule has 1 unspecified atom stereocenters. The van der Waals surface area contributed by atoms with Gasteiger partial charge in [-0.1, -0.05) is 108 Å². The van der Waals surface area contributed by atoms with Crippen LogP contribution in [-0.4, -0.2) is 15.1 Å². The van der Waals surface area contributed by atoms with E-state index in [4.69, 9.17) is 9.16 Å². The fourth-order valence-electron chi connectivity index (χ4n) is 4.98. The summed E-state index contributed by atoms with van der Waals surface area (Å²) in [6.45, 7) is 11.9. The lowest BCUT2D eigenvalue weighted by molar-refractivity contribution is -0.586. The molecule has 0 saturated heterocycles. The molecule has 0 amide bonds. The summed E-state index contributed by atoms with van der Waals surface area (Å²) >= 11 is 0. The second-order valence-corrected chi connectivity index (χ2v) is 13.9. The molecule has 3 aromatic rings. The van der Waals surface area contributed by atoms with Gasteiger partial charge in [0, 0.05) is 24.7 Å². The quantitative estimate of drug-likeness (QED) is 0.0798. The third kappa shape index (κ3) is 9.74. The minimum atomic E-state index is -0.653. The first kappa shape index (κ1) is 30.2. The molecule has 4 nitrogen and oxygen atoms in total. The maximum Gasteiger partial charge on any atom is 0.227 e. The molecule has 2 aromatic carbocycles. The van der Waals surface area contributed by atoms with Gasteiger partial charge in [-0.25, -0.2) is 0 Å². The molecular formula is C33H48NO3Si. The van der Waals surface area contributed by atoms with Gasteiger partial charge in [0.05, 0.1) is 5.39 Å². The zero-order valence-electron chi connectivity index (χ0n) is 24.3. The van der Waals surface area contributed by atoms with Crippen LogP contribution in [0.1, 0.15) is 89.8 Å². The molecule has 0 bridgehead atoms. The Kier molecular flexibility index (Phi) is 12.1. The van der Waals surface area contributed by atoms with Gasteiger partial charge >= 0.3 is 0 Å². The van der Waals surface area contributed by atoms with E-state index in [1.807, 2.05) is 48.5 Å². The van der Waals surface area contributed by atoms with Crippen molar-refractivity contribution in [3.05, 3.63) is 77.1 Å². The standard InChI is InChI=1S/C33H48NO3Si/c1-33(2,3)32(37-38(4)5)24-16-11-9-7-6-8-10-15-21-28-25-31(36-26-27-19-13-12-14-20-27)29-22-17-18-23-30(29)34(28)35/h12-14,17-20,22-23,25,32H,6-11,15-16,21,24,26H2,1-5H3. The lowest BCUT2D eigenvalue weighted by Gasteiger charge is -2.32. The summed E-state index contributed by atoms with van der Waals surface area (Å²) in [6.07, 6.45) is 12.2. The first-order chi connectivity index (χ1) is 18.3. The number of aromatic nitrogens is 1. The SMILES string of the molecule is C[Si](C)OC(CCCCCCCCCCc1cc(OCc2ccccc2)c2ccccc2[n+]1[O-])C(C)(C)C. The Morgan fingerprint density at radius 3 is 2.08 bits per heavy atom. The van der Waals surface area contributed by atoms with Crippen LogP contribution in [0.2, 0.25) is 13.1 Å². The second-order valence-electron chi connectivity index (χ2n) is 11.8. The molecule has 1 radical (unpaired) electrons. The van der Waals surface area contributed by atoms with Crippen LogP contribution in [0.3, 0.4) is 0 Å². The van der Waals surface area contributed by atoms with Gasteiger partial charge in [0.2, 0.25) is 14.6 Å². The van der Waals surface area contributed by atoms with Crippen molar-refractivity contribution in [2.24, 2.45) is 5.41 Å². The second kappa shape index (κ2) is 15.3. The van der Waals surface area contributed by atoms with Crippen molar-refractivity contribution in [1.82, 2.24) is 0 Å². The summed E-state index contributed by atoms with van der Waals surface area (Å²) in [7, 11) is -0.653. The number of rotatable bonds is 16. The smallest absolute Gasteiger partial charge is 0.227 e. The topological polar surface area (TPSA) is 45.4 Å². The lowest BCUT2D eigenvalue weighted by Crippen LogP contribution is -2.33. The van der Waals surface area contributed by atoms with Crippen LogP contribution in [0.15, 0.2) is 60.7 Å². The normalized spacial score (nSPS) is 12.8. The van der Waals surface area contributed by atoms with Crippen LogP contribution < -0.4 is 9.47 Å². The van der Waals surface area contributed by atoms with Crippen molar-refractivity contribution >= 4 is 19.9 Å². The minimum Gasteiger partial charge on any atom is -0.618 e. The predicted molar refractivity (Wildman–Crippen MR) is 161 cm³/mol. The molecule has 0 aliphatic rings. The molecule has 1 aromatic heterocycles. The van der Waals surface area contributed by atoms with Gasteiger partial charge in [-0.15, -0.1) is 0 Å². The van der Waals surface area contributed by atoms with E-state index < -0.39 is 9.04 Å². The molecule has 0 saturated carbocycles. The van der Waals surface area contributed by atoms with Crippen molar-refractivity contribution < 1.29 is 13.9 Å². The van der Waals surface area contributed by atoms with E-state index >= 15 is 0 Å². The lowest BCUT2D eigenvalue weighted by atomic mass is 9.86. The Balaban J connectivity index is 1.39. The first-order valence-corrected chi connectivity index (χ1v) is 16.9. The molecule has 3 rings (SSSR count). The van der Waals surface area contributed by atoms with Crippen LogP contribution in [0.4, 0.5) is 0 Å². The highest BCUT2D eigenvalue weighted by Crippen LogP contribution is 2.28. The van der Waals surface area contributed by atoms with Crippen LogP contribution in [0, 0.1) is 10.6 Å². The van der Waals surface area contributed by atoms with Crippen molar-refractivity contribution in [2.75, 3.05) is 0 Å². The molecule has 1 heterocycles. The first-order valence-electron chi connectivity index (χ1n) is 14.5. The summed E-state index contributed by atoms with van der Waals surface area (Å²) in [5.74, 6) is 0.792.